The number of alkyl halides is 3. The number of amides is 3. The number of rotatable bonds is 9. The Morgan fingerprint density at radius 3 is 2.19 bits per heavy atom. The number of hydrogen-bond donors (Lipinski definition) is 6. The summed E-state index contributed by atoms with van der Waals surface area (Å²) in [5.41, 5.74) is -1.99. The van der Waals surface area contributed by atoms with Crippen LogP contribution in [0.1, 0.15) is 54.2 Å². The number of aromatic hydroxyl groups is 1. The summed E-state index contributed by atoms with van der Waals surface area (Å²) < 4.78 is 49.9. The first-order valence-corrected chi connectivity index (χ1v) is 18.0. The SMILES string of the molecule is CN(C)c1cc(NC(=O)CN(C(=O)OCOC(=O)c2ccccc2C(F)(F)F)C(C)(C)C)c(O)c2c1C[C@H]1C[C@H]3[C@H](N(C)C)C(=O)C(C(N)=O)=C(O)[C@@]3(O)C(=O)C1=C2O. The molecule has 2 aromatic carbocycles. The number of nitrogens with zero attached hydrogens (tertiary/aromatic N) is 3. The van der Waals surface area contributed by atoms with Gasteiger partial charge in [-0.15, -0.1) is 0 Å². The standard InChI is InChI=1S/C39H44F3N5O12/c1-37(2,3)47(36(56)59-16-58-35(55)18-10-8-9-11-20(18)39(40,41)42)15-24(48)44-22-14-23(45(4)5)19-12-17-13-21-28(46(6)7)31(51)27(34(43)54)33(53)38(21,57)32(52)25(17)30(50)26(19)29(22)49/h8-11,14,17,21,28,49-50,53,57H,12-13,15-16H2,1-7H3,(H2,43,54)(H,44,48)/t17-,21-,28-,38-/m0/s1. The molecule has 3 amide bonds. The highest BCUT2D eigenvalue weighted by Gasteiger charge is 2.64. The number of anilines is 2. The molecule has 3 aliphatic rings. The normalized spacial score (nSPS) is 21.7. The van der Waals surface area contributed by atoms with E-state index >= 15 is 0 Å². The minimum absolute atomic E-state index is 0.0279. The number of esters is 1. The summed E-state index contributed by atoms with van der Waals surface area (Å²) in [7, 11) is 6.22. The molecule has 0 spiro atoms. The number of nitrogens with one attached hydrogen (secondary N) is 1. The van der Waals surface area contributed by atoms with Crippen molar-refractivity contribution in [2.45, 2.75) is 57.0 Å². The van der Waals surface area contributed by atoms with E-state index in [-0.39, 0.29) is 24.1 Å². The van der Waals surface area contributed by atoms with Gasteiger partial charge in [-0.2, -0.15) is 13.2 Å². The molecule has 0 heterocycles. The maximum absolute atomic E-state index is 14.3. The van der Waals surface area contributed by atoms with E-state index in [1.165, 1.54) is 51.9 Å². The Kier molecular flexibility index (Phi) is 11.6. The maximum Gasteiger partial charge on any atom is 0.417 e. The molecular formula is C39H44F3N5O12. The van der Waals surface area contributed by atoms with Crippen molar-refractivity contribution in [3.63, 3.8) is 0 Å². The zero-order valence-corrected chi connectivity index (χ0v) is 33.1. The number of fused-ring (bicyclic) bond motifs is 3. The lowest BCUT2D eigenvalue weighted by Crippen LogP contribution is -2.65. The predicted molar refractivity (Wildman–Crippen MR) is 202 cm³/mol. The van der Waals surface area contributed by atoms with Crippen LogP contribution in [0.25, 0.3) is 5.76 Å². The molecule has 1 saturated carbocycles. The van der Waals surface area contributed by atoms with Crippen LogP contribution in [-0.2, 0) is 41.2 Å². The first-order chi connectivity index (χ1) is 27.2. The molecule has 0 aromatic heterocycles. The first-order valence-electron chi connectivity index (χ1n) is 18.0. The van der Waals surface area contributed by atoms with Crippen LogP contribution in [0.2, 0.25) is 0 Å². The van der Waals surface area contributed by atoms with Crippen LogP contribution < -0.4 is 16.0 Å². The monoisotopic (exact) mass is 831 g/mol. The second-order valence-corrected chi connectivity index (χ2v) is 15.8. The van der Waals surface area contributed by atoms with Gasteiger partial charge in [0.1, 0.15) is 29.4 Å². The second-order valence-electron chi connectivity index (χ2n) is 15.8. The van der Waals surface area contributed by atoms with Gasteiger partial charge in [0.2, 0.25) is 18.5 Å². The third-order valence-corrected chi connectivity index (χ3v) is 10.6. The average molecular weight is 832 g/mol. The number of aliphatic hydroxyl groups is 3. The summed E-state index contributed by atoms with van der Waals surface area (Å²) in [6.45, 7) is 2.72. The molecule has 0 radical (unpaired) electrons. The molecule has 0 unspecified atom stereocenters. The van der Waals surface area contributed by atoms with Gasteiger partial charge in [0.25, 0.3) is 5.91 Å². The van der Waals surface area contributed by atoms with Crippen molar-refractivity contribution >= 4 is 52.6 Å². The number of ketones is 2. The number of aliphatic hydroxyl groups excluding tert-OH is 2. The van der Waals surface area contributed by atoms with Crippen LogP contribution in [0.5, 0.6) is 5.75 Å². The summed E-state index contributed by atoms with van der Waals surface area (Å²) in [5.74, 6) is -10.8. The smallest absolute Gasteiger partial charge is 0.417 e. The van der Waals surface area contributed by atoms with Gasteiger partial charge in [0.15, 0.2) is 11.4 Å². The van der Waals surface area contributed by atoms with Crippen LogP contribution in [0.4, 0.5) is 29.3 Å². The Balaban J connectivity index is 1.43. The number of carbonyl (C=O) groups is 6. The highest BCUT2D eigenvalue weighted by Crippen LogP contribution is 2.54. The van der Waals surface area contributed by atoms with Crippen LogP contribution in [-0.4, -0.2) is 124 Å². The summed E-state index contributed by atoms with van der Waals surface area (Å²) in [5, 5.41) is 48.9. The Morgan fingerprint density at radius 1 is 1.00 bits per heavy atom. The van der Waals surface area contributed by atoms with Crippen molar-refractivity contribution in [3.8, 4) is 5.75 Å². The minimum atomic E-state index is -4.87. The lowest BCUT2D eigenvalue weighted by atomic mass is 9.57. The number of Topliss-reactive ketones (excluding diaryl/α,β-unsaturated/α-hetero) is 2. The zero-order chi connectivity index (χ0) is 44.3. The molecule has 0 bridgehead atoms. The van der Waals surface area contributed by atoms with Gasteiger partial charge >= 0.3 is 18.2 Å². The lowest BCUT2D eigenvalue weighted by molar-refractivity contribution is -0.153. The summed E-state index contributed by atoms with van der Waals surface area (Å²) >= 11 is 0. The fraction of sp³-hybridized carbons (Fsp3) is 0.436. The highest BCUT2D eigenvalue weighted by atomic mass is 19.4. The van der Waals surface area contributed by atoms with Gasteiger partial charge in [-0.25, -0.2) is 9.59 Å². The predicted octanol–water partition coefficient (Wildman–Crippen LogP) is 3.04. The topological polar surface area (TPSA) is 250 Å². The molecule has 4 atom stereocenters. The van der Waals surface area contributed by atoms with E-state index in [2.05, 4.69) is 5.32 Å². The third kappa shape index (κ3) is 7.76. The van der Waals surface area contributed by atoms with Gasteiger partial charge < -0.3 is 45.9 Å². The highest BCUT2D eigenvalue weighted by molar-refractivity contribution is 6.24. The Morgan fingerprint density at radius 2 is 1.63 bits per heavy atom. The van der Waals surface area contributed by atoms with Crippen LogP contribution in [0, 0.1) is 11.8 Å². The van der Waals surface area contributed by atoms with E-state index in [4.69, 9.17) is 15.2 Å². The number of nitrogens with two attached hydrogens (primary N) is 1. The van der Waals surface area contributed by atoms with Crippen LogP contribution >= 0.6 is 0 Å². The summed E-state index contributed by atoms with van der Waals surface area (Å²) in [6.07, 6.45) is -6.24. The summed E-state index contributed by atoms with van der Waals surface area (Å²) in [6, 6.07) is 3.95. The molecule has 59 heavy (non-hydrogen) atoms. The van der Waals surface area contributed by atoms with Crippen molar-refractivity contribution in [2.24, 2.45) is 17.6 Å². The number of carbonyl (C=O) groups excluding carboxylic acids is 6. The van der Waals surface area contributed by atoms with Crippen molar-refractivity contribution < 1.29 is 71.8 Å². The largest absolute Gasteiger partial charge is 0.508 e. The van der Waals surface area contributed by atoms with E-state index < -0.39 is 124 Å². The fourth-order valence-electron chi connectivity index (χ4n) is 7.89. The third-order valence-electron chi connectivity index (χ3n) is 10.6. The Labute approximate surface area is 335 Å². The van der Waals surface area contributed by atoms with E-state index in [0.29, 0.717) is 17.3 Å². The molecule has 2 aromatic rings. The molecular weight excluding hydrogens is 787 g/mol. The minimum Gasteiger partial charge on any atom is -0.508 e. The molecule has 318 valence electrons. The van der Waals surface area contributed by atoms with Gasteiger partial charge in [0, 0.05) is 36.8 Å². The molecule has 7 N–H and O–H groups in total. The molecule has 17 nitrogen and oxygen atoms in total. The summed E-state index contributed by atoms with van der Waals surface area (Å²) in [4.78, 5) is 82.9. The van der Waals surface area contributed by atoms with Crippen molar-refractivity contribution in [1.82, 2.24) is 9.80 Å². The Hall–Kier alpha value is -6.15. The van der Waals surface area contributed by atoms with Crippen molar-refractivity contribution in [2.75, 3.05) is 51.7 Å². The van der Waals surface area contributed by atoms with Gasteiger partial charge in [-0.05, 0) is 77.4 Å². The van der Waals surface area contributed by atoms with Crippen LogP contribution in [0.3, 0.4) is 0 Å². The molecule has 1 fully saturated rings. The quantitative estimate of drug-likeness (QED) is 0.0921. The van der Waals surface area contributed by atoms with Crippen LogP contribution in [0.15, 0.2) is 47.2 Å². The zero-order valence-electron chi connectivity index (χ0n) is 33.1. The lowest BCUT2D eigenvalue weighted by Gasteiger charge is -2.50. The number of ether oxygens (including phenoxy) is 2. The maximum atomic E-state index is 14.3. The van der Waals surface area contributed by atoms with E-state index in [1.54, 1.807) is 19.0 Å². The number of halogens is 3. The van der Waals surface area contributed by atoms with Gasteiger partial charge in [0.05, 0.1) is 28.4 Å². The molecule has 0 saturated heterocycles. The van der Waals surface area contributed by atoms with E-state index in [9.17, 15) is 62.4 Å². The van der Waals surface area contributed by atoms with Crippen molar-refractivity contribution in [1.29, 1.82) is 0 Å². The molecule has 20 heteroatoms. The number of benzene rings is 2. The number of phenolic OH excluding ortho intramolecular Hbond substituents is 1. The molecule has 0 aliphatic heterocycles. The second kappa shape index (κ2) is 15.6. The van der Waals surface area contributed by atoms with E-state index in [1.807, 2.05) is 0 Å². The number of hydrogen-bond acceptors (Lipinski definition) is 14. The fourth-order valence-corrected chi connectivity index (χ4v) is 7.89. The Bertz CT molecular complexity index is 2210. The molecule has 5 rings (SSSR count). The average Bonchev–Trinajstić information content (AvgIpc) is 3.11. The molecule has 3 aliphatic carbocycles. The van der Waals surface area contributed by atoms with Gasteiger partial charge in [-0.3, -0.25) is 29.0 Å². The number of likely N-dealkylation sites (N-methyl/N-ethyl adjacent to an activating group) is 1. The van der Waals surface area contributed by atoms with E-state index in [0.717, 1.165) is 17.0 Å². The number of phenols is 1. The number of primary amides is 1. The first kappa shape index (κ1) is 44.0. The van der Waals surface area contributed by atoms with Gasteiger partial charge in [-0.1, -0.05) is 12.1 Å². The van der Waals surface area contributed by atoms with Crippen molar-refractivity contribution in [3.05, 3.63) is 69.5 Å².